The maximum Gasteiger partial charge on any atom is 0.368 e. The highest BCUT2D eigenvalue weighted by Crippen LogP contribution is 2.33. The molecule has 0 saturated carbocycles. The van der Waals surface area contributed by atoms with Gasteiger partial charge in [-0.3, -0.25) is 4.98 Å². The number of nitrogens with zero attached hydrogens (tertiary/aromatic N) is 5. The third-order valence-corrected chi connectivity index (χ3v) is 5.44. The van der Waals surface area contributed by atoms with Crippen molar-refractivity contribution in [2.75, 3.05) is 0 Å². The molecule has 0 spiro atoms. The Bertz CT molecular complexity index is 1240. The Morgan fingerprint density at radius 1 is 1.10 bits per heavy atom. The summed E-state index contributed by atoms with van der Waals surface area (Å²) in [5, 5.41) is 7.71. The van der Waals surface area contributed by atoms with E-state index in [0.717, 1.165) is 16.8 Å². The lowest BCUT2D eigenvalue weighted by molar-refractivity contribution is 0.0477. The number of tetrazole rings is 1. The zero-order valence-corrected chi connectivity index (χ0v) is 17.9. The zero-order valence-electron chi connectivity index (χ0n) is 17.9. The topological polar surface area (TPSA) is 74.8 Å². The summed E-state index contributed by atoms with van der Waals surface area (Å²) in [7, 11) is 1.54. The molecule has 1 aromatic carbocycles. The van der Waals surface area contributed by atoms with Gasteiger partial charge in [0.15, 0.2) is 0 Å². The fourth-order valence-electron chi connectivity index (χ4n) is 3.64. The molecule has 7 nitrogen and oxygen atoms in total. The minimum atomic E-state index is -0.445. The van der Waals surface area contributed by atoms with Gasteiger partial charge in [0.1, 0.15) is 5.83 Å². The van der Waals surface area contributed by atoms with E-state index in [2.05, 4.69) is 15.4 Å². The van der Waals surface area contributed by atoms with Gasteiger partial charge in [-0.1, -0.05) is 31.2 Å². The molecule has 2 heterocycles. The Hall–Kier alpha value is -3.39. The van der Waals surface area contributed by atoms with Crippen molar-refractivity contribution in [2.24, 2.45) is 13.0 Å². The highest BCUT2D eigenvalue weighted by Gasteiger charge is 2.25. The molecule has 1 aliphatic rings. The number of allylic oxidation sites excluding steroid dienone is 2. The number of rotatable bonds is 5. The predicted octanol–water partition coefficient (Wildman–Crippen LogP) is 3.45. The summed E-state index contributed by atoms with van der Waals surface area (Å²) in [5.74, 6) is -0.403. The molecule has 2 unspecified atom stereocenters. The molecule has 1 aliphatic carbocycles. The van der Waals surface area contributed by atoms with Crippen LogP contribution in [-0.2, 0) is 18.4 Å². The quantitative estimate of drug-likeness (QED) is 0.631. The van der Waals surface area contributed by atoms with E-state index in [-0.39, 0.29) is 24.0 Å². The third-order valence-electron chi connectivity index (χ3n) is 5.44. The first kappa shape index (κ1) is 20.9. The lowest BCUT2D eigenvalue weighted by atomic mass is 9.92. The maximum atomic E-state index is 14.9. The van der Waals surface area contributed by atoms with Crippen molar-refractivity contribution < 1.29 is 9.13 Å². The summed E-state index contributed by atoms with van der Waals surface area (Å²) in [5.41, 5.74) is 3.95. The molecule has 0 fully saturated rings. The summed E-state index contributed by atoms with van der Waals surface area (Å²) in [6, 6.07) is 11.1. The van der Waals surface area contributed by atoms with Gasteiger partial charge < -0.3 is 4.74 Å². The van der Waals surface area contributed by atoms with Gasteiger partial charge >= 0.3 is 5.69 Å². The van der Waals surface area contributed by atoms with E-state index in [1.165, 1.54) is 15.4 Å². The molecule has 0 amide bonds. The molecule has 8 heteroatoms. The van der Waals surface area contributed by atoms with E-state index in [9.17, 15) is 9.18 Å². The van der Waals surface area contributed by atoms with Crippen molar-refractivity contribution >= 4 is 5.57 Å². The van der Waals surface area contributed by atoms with Crippen LogP contribution in [-0.4, -0.2) is 30.9 Å². The zero-order chi connectivity index (χ0) is 22.1. The molecule has 2 atom stereocenters. The van der Waals surface area contributed by atoms with Crippen LogP contribution in [0.2, 0.25) is 0 Å². The molecule has 0 aliphatic heterocycles. The van der Waals surface area contributed by atoms with Crippen LogP contribution >= 0.6 is 0 Å². The fraction of sp³-hybridized carbons (Fsp3) is 0.304. The van der Waals surface area contributed by atoms with Gasteiger partial charge in [-0.05, 0) is 54.1 Å². The van der Waals surface area contributed by atoms with Crippen molar-refractivity contribution in [3.05, 3.63) is 87.4 Å². The highest BCUT2D eigenvalue weighted by molar-refractivity contribution is 5.76. The third kappa shape index (κ3) is 4.11. The molecule has 0 bridgehead atoms. The Balaban J connectivity index is 1.57. The highest BCUT2D eigenvalue weighted by atomic mass is 19.1. The fourth-order valence-corrected chi connectivity index (χ4v) is 3.64. The first-order valence-corrected chi connectivity index (χ1v) is 10.1. The van der Waals surface area contributed by atoms with Gasteiger partial charge in [0.2, 0.25) is 0 Å². The average molecular weight is 421 g/mol. The average Bonchev–Trinajstić information content (AvgIpc) is 3.07. The number of pyridine rings is 1. The summed E-state index contributed by atoms with van der Waals surface area (Å²) in [6.07, 6.45) is 2.91. The van der Waals surface area contributed by atoms with Crippen LogP contribution < -0.4 is 5.69 Å². The van der Waals surface area contributed by atoms with Crippen LogP contribution in [0.1, 0.15) is 29.4 Å². The molecule has 0 radical (unpaired) electrons. The van der Waals surface area contributed by atoms with Crippen LogP contribution in [0.25, 0.3) is 11.3 Å². The van der Waals surface area contributed by atoms with E-state index in [4.69, 9.17) is 4.74 Å². The second kappa shape index (κ2) is 8.39. The molecule has 4 rings (SSSR count). The van der Waals surface area contributed by atoms with Gasteiger partial charge in [0, 0.05) is 29.8 Å². The van der Waals surface area contributed by atoms with Crippen LogP contribution in [0, 0.1) is 19.8 Å². The molecule has 31 heavy (non-hydrogen) atoms. The Morgan fingerprint density at radius 3 is 2.58 bits per heavy atom. The lowest BCUT2D eigenvalue weighted by Gasteiger charge is -2.25. The molecular formula is C23H24FN5O2. The van der Waals surface area contributed by atoms with Gasteiger partial charge in [-0.15, -0.1) is 0 Å². The Morgan fingerprint density at radius 2 is 1.87 bits per heavy atom. The summed E-state index contributed by atoms with van der Waals surface area (Å²) < 4.78 is 23.4. The molecule has 3 aromatic rings. The first-order chi connectivity index (χ1) is 14.8. The minimum absolute atomic E-state index is 0.0523. The smallest absolute Gasteiger partial charge is 0.368 e. The number of hydrogen-bond donors (Lipinski definition) is 0. The molecule has 160 valence electrons. The van der Waals surface area contributed by atoms with Crippen LogP contribution in [0.3, 0.4) is 0 Å². The number of halogens is 1. The maximum absolute atomic E-state index is 14.9. The minimum Gasteiger partial charge on any atom is -0.369 e. The number of aryl methyl sites for hydroxylation is 3. The van der Waals surface area contributed by atoms with Crippen molar-refractivity contribution in [3.8, 4) is 5.69 Å². The van der Waals surface area contributed by atoms with Crippen LogP contribution in [0.5, 0.6) is 0 Å². The normalized spacial score (nSPS) is 18.6. The Labute approximate surface area is 179 Å². The molecule has 0 N–H and O–H groups in total. The van der Waals surface area contributed by atoms with E-state index < -0.39 is 6.10 Å². The molecule has 0 saturated heterocycles. The predicted molar refractivity (Wildman–Crippen MR) is 115 cm³/mol. The number of hydrogen-bond acceptors (Lipinski definition) is 5. The second-order valence-electron chi connectivity index (χ2n) is 7.76. The number of aromatic nitrogens is 5. The standard InChI is InChI=1S/C23H24FN5O2/c1-14-7-5-10-21(29-23(30)28(4)26-27-29)18(14)13-31-22-12-19(24)17(11-15(22)2)20-9-6-8-16(3)25-20/h5-12,15,22H,13H2,1-4H3. The van der Waals surface area contributed by atoms with Gasteiger partial charge in [0.05, 0.1) is 24.1 Å². The van der Waals surface area contributed by atoms with Crippen molar-refractivity contribution in [1.82, 2.24) is 24.8 Å². The van der Waals surface area contributed by atoms with E-state index >= 15 is 0 Å². The van der Waals surface area contributed by atoms with Crippen LogP contribution in [0.15, 0.2) is 59.2 Å². The number of ether oxygens (including phenoxy) is 1. The van der Waals surface area contributed by atoms with Gasteiger partial charge in [0.25, 0.3) is 0 Å². The van der Waals surface area contributed by atoms with Crippen molar-refractivity contribution in [3.63, 3.8) is 0 Å². The first-order valence-electron chi connectivity index (χ1n) is 10.1. The molecular weight excluding hydrogens is 397 g/mol. The van der Waals surface area contributed by atoms with E-state index in [1.807, 2.05) is 51.1 Å². The van der Waals surface area contributed by atoms with Crippen molar-refractivity contribution in [1.29, 1.82) is 0 Å². The summed E-state index contributed by atoms with van der Waals surface area (Å²) in [6.45, 7) is 6.00. The van der Waals surface area contributed by atoms with Crippen LogP contribution in [0.4, 0.5) is 4.39 Å². The van der Waals surface area contributed by atoms with E-state index in [1.54, 1.807) is 19.2 Å². The Kier molecular flexibility index (Phi) is 5.65. The summed E-state index contributed by atoms with van der Waals surface area (Å²) >= 11 is 0. The SMILES string of the molecule is Cc1cccc(C2=CC(C)C(OCc3c(C)cccc3-n3nnn(C)c3=O)C=C2F)n1. The van der Waals surface area contributed by atoms with Gasteiger partial charge in [-0.25, -0.2) is 9.18 Å². The lowest BCUT2D eigenvalue weighted by Crippen LogP contribution is -2.25. The molecule has 2 aromatic heterocycles. The summed E-state index contributed by atoms with van der Waals surface area (Å²) in [4.78, 5) is 16.7. The van der Waals surface area contributed by atoms with Crippen molar-refractivity contribution in [2.45, 2.75) is 33.5 Å². The largest absolute Gasteiger partial charge is 0.369 e. The number of benzene rings is 1. The van der Waals surface area contributed by atoms with Gasteiger partial charge in [-0.2, -0.15) is 9.36 Å². The monoisotopic (exact) mass is 421 g/mol. The second-order valence-corrected chi connectivity index (χ2v) is 7.76. The van der Waals surface area contributed by atoms with E-state index in [0.29, 0.717) is 17.0 Å².